The van der Waals surface area contributed by atoms with Gasteiger partial charge in [0.15, 0.2) is 0 Å². The van der Waals surface area contributed by atoms with Crippen LogP contribution in [0.5, 0.6) is 0 Å². The van der Waals surface area contributed by atoms with Gasteiger partial charge in [0.2, 0.25) is 0 Å². The van der Waals surface area contributed by atoms with E-state index in [4.69, 9.17) is 0 Å². The average Bonchev–Trinajstić information content (AvgIpc) is 2.86. The number of aromatic nitrogens is 2. The average molecular weight is 286 g/mol. The van der Waals surface area contributed by atoms with Gasteiger partial charge in [-0.25, -0.2) is 0 Å². The van der Waals surface area contributed by atoms with Crippen LogP contribution in [0.3, 0.4) is 0 Å². The molecule has 2 heterocycles. The Kier molecular flexibility index (Phi) is 4.41. The number of likely N-dealkylation sites (tertiary alicyclic amines) is 1. The molecule has 1 aromatic rings. The van der Waals surface area contributed by atoms with Crippen LogP contribution in [0.2, 0.25) is 0 Å². The molecule has 0 saturated carbocycles. The highest BCUT2D eigenvalue weighted by Gasteiger charge is 2.24. The van der Waals surface area contributed by atoms with Gasteiger partial charge in [0.05, 0.1) is 5.69 Å². The molecule has 1 aliphatic heterocycles. The molecule has 0 spiro atoms. The molecule has 16 heavy (non-hydrogen) atoms. The first-order chi connectivity index (χ1) is 7.79. The first-order valence-corrected chi connectivity index (χ1v) is 7.20. The molecule has 4 heteroatoms. The van der Waals surface area contributed by atoms with Crippen molar-refractivity contribution in [3.8, 4) is 0 Å². The molecule has 0 aromatic carbocycles. The zero-order valence-electron chi connectivity index (χ0n) is 9.90. The van der Waals surface area contributed by atoms with E-state index in [0.717, 1.165) is 17.9 Å². The van der Waals surface area contributed by atoms with E-state index in [9.17, 15) is 0 Å². The van der Waals surface area contributed by atoms with Crippen molar-refractivity contribution >= 4 is 15.9 Å². The molecule has 1 fully saturated rings. The Hall–Kier alpha value is -0.350. The number of hydrogen-bond acceptors (Lipinski definition) is 2. The second-order valence-electron chi connectivity index (χ2n) is 4.58. The summed E-state index contributed by atoms with van der Waals surface area (Å²) in [6.45, 7) is 2.26. The van der Waals surface area contributed by atoms with Crippen LogP contribution in [0.25, 0.3) is 0 Å². The Morgan fingerprint density at radius 1 is 1.56 bits per heavy atom. The van der Waals surface area contributed by atoms with E-state index in [1.807, 2.05) is 17.9 Å². The molecule has 0 aliphatic carbocycles. The van der Waals surface area contributed by atoms with Crippen LogP contribution in [0, 0.1) is 0 Å². The molecule has 1 saturated heterocycles. The summed E-state index contributed by atoms with van der Waals surface area (Å²) in [6, 6.07) is 2.90. The Morgan fingerprint density at radius 3 is 3.12 bits per heavy atom. The van der Waals surface area contributed by atoms with E-state index in [0.29, 0.717) is 0 Å². The summed E-state index contributed by atoms with van der Waals surface area (Å²) in [5.41, 5.74) is 1.20. The van der Waals surface area contributed by atoms with Crippen molar-refractivity contribution in [1.82, 2.24) is 14.7 Å². The molecule has 0 bridgehead atoms. The number of aryl methyl sites for hydroxylation is 1. The van der Waals surface area contributed by atoms with Gasteiger partial charge in [0, 0.05) is 31.2 Å². The topological polar surface area (TPSA) is 21.1 Å². The maximum atomic E-state index is 4.45. The molecule has 2 rings (SSSR count). The molecule has 3 nitrogen and oxygen atoms in total. The summed E-state index contributed by atoms with van der Waals surface area (Å²) in [4.78, 5) is 2.59. The Balaban J connectivity index is 1.88. The van der Waals surface area contributed by atoms with Crippen molar-refractivity contribution < 1.29 is 0 Å². The molecular formula is C12H20BrN3. The van der Waals surface area contributed by atoms with Crippen LogP contribution in [-0.4, -0.2) is 32.6 Å². The fourth-order valence-corrected chi connectivity index (χ4v) is 2.82. The first-order valence-electron chi connectivity index (χ1n) is 6.08. The van der Waals surface area contributed by atoms with E-state index in [-0.39, 0.29) is 0 Å². The van der Waals surface area contributed by atoms with Gasteiger partial charge in [0.25, 0.3) is 0 Å². The number of alkyl halides is 1. The lowest BCUT2D eigenvalue weighted by molar-refractivity contribution is 0.231. The molecule has 1 aromatic heterocycles. The van der Waals surface area contributed by atoms with Gasteiger partial charge in [-0.05, 0) is 38.3 Å². The van der Waals surface area contributed by atoms with Crippen LogP contribution < -0.4 is 0 Å². The zero-order valence-corrected chi connectivity index (χ0v) is 11.5. The molecule has 1 unspecified atom stereocenters. The largest absolute Gasteiger partial charge is 0.294 e. The molecular weight excluding hydrogens is 266 g/mol. The fourth-order valence-electron chi connectivity index (χ4n) is 2.50. The van der Waals surface area contributed by atoms with Gasteiger partial charge >= 0.3 is 0 Å². The lowest BCUT2D eigenvalue weighted by Crippen LogP contribution is -2.29. The highest BCUT2D eigenvalue weighted by atomic mass is 79.9. The predicted molar refractivity (Wildman–Crippen MR) is 69.7 cm³/mol. The van der Waals surface area contributed by atoms with Gasteiger partial charge in [0.1, 0.15) is 0 Å². The fraction of sp³-hybridized carbons (Fsp3) is 0.750. The minimum Gasteiger partial charge on any atom is -0.294 e. The second kappa shape index (κ2) is 5.82. The number of rotatable bonds is 5. The Bertz CT molecular complexity index is 324. The summed E-state index contributed by atoms with van der Waals surface area (Å²) in [7, 11) is 1.98. The van der Waals surface area contributed by atoms with Gasteiger partial charge in [-0.3, -0.25) is 9.58 Å². The standard InChI is InChI=1S/C12H20BrN3/c1-15-9-6-11(14-15)10-16-8-3-5-12(16)4-2-7-13/h6,9,12H,2-5,7-8,10H2,1H3. The van der Waals surface area contributed by atoms with Crippen LogP contribution in [0.4, 0.5) is 0 Å². The SMILES string of the molecule is Cn1ccc(CN2CCCC2CCCBr)n1. The van der Waals surface area contributed by atoms with Crippen molar-refractivity contribution in [3.63, 3.8) is 0 Å². The summed E-state index contributed by atoms with van der Waals surface area (Å²) in [5, 5.41) is 5.58. The maximum absolute atomic E-state index is 4.45. The van der Waals surface area contributed by atoms with Crippen LogP contribution in [0.1, 0.15) is 31.4 Å². The summed E-state index contributed by atoms with van der Waals surface area (Å²) < 4.78 is 1.89. The number of halogens is 1. The third-order valence-electron chi connectivity index (χ3n) is 3.30. The van der Waals surface area contributed by atoms with E-state index in [1.54, 1.807) is 0 Å². The highest BCUT2D eigenvalue weighted by molar-refractivity contribution is 9.09. The Labute approximate surface area is 106 Å². The maximum Gasteiger partial charge on any atom is 0.0764 e. The molecule has 0 radical (unpaired) electrons. The quantitative estimate of drug-likeness (QED) is 0.776. The molecule has 1 aliphatic rings. The normalized spacial score (nSPS) is 21.8. The van der Waals surface area contributed by atoms with Crippen molar-refractivity contribution in [2.45, 2.75) is 38.3 Å². The molecule has 1 atom stereocenters. The third kappa shape index (κ3) is 3.08. The lowest BCUT2D eigenvalue weighted by Gasteiger charge is -2.23. The molecule has 90 valence electrons. The Morgan fingerprint density at radius 2 is 2.44 bits per heavy atom. The van der Waals surface area contributed by atoms with Crippen molar-refractivity contribution in [2.75, 3.05) is 11.9 Å². The second-order valence-corrected chi connectivity index (χ2v) is 5.37. The molecule has 0 N–H and O–H groups in total. The number of hydrogen-bond donors (Lipinski definition) is 0. The smallest absolute Gasteiger partial charge is 0.0764 e. The van der Waals surface area contributed by atoms with Gasteiger partial charge in [-0.15, -0.1) is 0 Å². The van der Waals surface area contributed by atoms with E-state index >= 15 is 0 Å². The third-order valence-corrected chi connectivity index (χ3v) is 3.86. The van der Waals surface area contributed by atoms with Crippen LogP contribution >= 0.6 is 15.9 Å². The monoisotopic (exact) mass is 285 g/mol. The van der Waals surface area contributed by atoms with E-state index < -0.39 is 0 Å². The summed E-state index contributed by atoms with van der Waals surface area (Å²) >= 11 is 3.51. The minimum atomic E-state index is 0.777. The summed E-state index contributed by atoms with van der Waals surface area (Å²) in [6.07, 6.45) is 7.33. The number of nitrogens with zero attached hydrogens (tertiary/aromatic N) is 3. The van der Waals surface area contributed by atoms with Gasteiger partial charge in [-0.2, -0.15) is 5.10 Å². The van der Waals surface area contributed by atoms with E-state index in [1.165, 1.54) is 37.9 Å². The van der Waals surface area contributed by atoms with Crippen molar-refractivity contribution in [2.24, 2.45) is 7.05 Å². The first kappa shape index (κ1) is 12.1. The lowest BCUT2D eigenvalue weighted by atomic mass is 10.1. The van der Waals surface area contributed by atoms with Gasteiger partial charge in [-0.1, -0.05) is 15.9 Å². The van der Waals surface area contributed by atoms with Crippen molar-refractivity contribution in [3.05, 3.63) is 18.0 Å². The zero-order chi connectivity index (χ0) is 11.4. The summed E-state index contributed by atoms with van der Waals surface area (Å²) in [5.74, 6) is 0. The van der Waals surface area contributed by atoms with Crippen molar-refractivity contribution in [1.29, 1.82) is 0 Å². The molecule has 0 amide bonds. The highest BCUT2D eigenvalue weighted by Crippen LogP contribution is 2.23. The van der Waals surface area contributed by atoms with E-state index in [2.05, 4.69) is 32.0 Å². The minimum absolute atomic E-state index is 0.777. The van der Waals surface area contributed by atoms with Crippen LogP contribution in [0.15, 0.2) is 12.3 Å². The van der Waals surface area contributed by atoms with Crippen LogP contribution in [-0.2, 0) is 13.6 Å². The van der Waals surface area contributed by atoms with Gasteiger partial charge < -0.3 is 0 Å². The predicted octanol–water partition coefficient (Wildman–Crippen LogP) is 2.56.